The number of carbonyl (C=O) groups excluding carboxylic acids is 5. The van der Waals surface area contributed by atoms with Crippen LogP contribution in [0.4, 0.5) is 28.4 Å². The highest BCUT2D eigenvalue weighted by atomic mass is 35.5. The molecule has 326 valence electrons. The molecule has 0 aromatic heterocycles. The van der Waals surface area contributed by atoms with Crippen LogP contribution in [0, 0.1) is 0 Å². The first-order valence-electron chi connectivity index (χ1n) is 20.2. The third-order valence-electron chi connectivity index (χ3n) is 9.58. The summed E-state index contributed by atoms with van der Waals surface area (Å²) in [5.41, 5.74) is 5.25. The maximum absolute atomic E-state index is 13.3. The number of quaternary nitrogens is 1. The molecule has 5 aromatic carbocycles. The number of halogens is 3. The highest BCUT2D eigenvalue weighted by Crippen LogP contribution is 2.20. The minimum Gasteiger partial charge on any atom is -1.00 e. The molecule has 0 fully saturated rings. The van der Waals surface area contributed by atoms with Crippen molar-refractivity contribution in [1.29, 1.82) is 0 Å². The fourth-order valence-electron chi connectivity index (χ4n) is 6.43. The lowest BCUT2D eigenvalue weighted by Crippen LogP contribution is -3.05. The zero-order valence-electron chi connectivity index (χ0n) is 34.7. The Balaban J connectivity index is 0.00000845. The van der Waals surface area contributed by atoms with Crippen molar-refractivity contribution in [2.45, 2.75) is 25.7 Å². The Hall–Kier alpha value is -5.92. The molecule has 5 amide bonds. The molecular weight excluding hydrogens is 849 g/mol. The summed E-state index contributed by atoms with van der Waals surface area (Å²) in [5, 5.41) is 14.2. The van der Waals surface area contributed by atoms with Crippen LogP contribution in [0.5, 0.6) is 0 Å². The molecule has 0 saturated carbocycles. The fraction of sp³-hybridized carbons (Fsp3) is 0.255. The summed E-state index contributed by atoms with van der Waals surface area (Å²) in [6.07, 6.45) is 2.55. The molecule has 0 aliphatic carbocycles. The molecular formula is C47H52Cl3N7O5. The Kier molecular flexibility index (Phi) is 19.7. The van der Waals surface area contributed by atoms with Crippen LogP contribution in [-0.4, -0.2) is 81.6 Å². The molecule has 12 nitrogen and oxygen atoms in total. The van der Waals surface area contributed by atoms with Gasteiger partial charge in [-0.25, -0.2) is 0 Å². The molecule has 0 aliphatic rings. The summed E-state index contributed by atoms with van der Waals surface area (Å²) >= 11 is 11.9. The van der Waals surface area contributed by atoms with Crippen molar-refractivity contribution in [1.82, 2.24) is 5.32 Å². The Morgan fingerprint density at radius 2 is 0.968 bits per heavy atom. The summed E-state index contributed by atoms with van der Waals surface area (Å²) in [6, 6.07) is 34.5. The number of hydrogen-bond donors (Lipinski definition) is 6. The SMILES string of the molecule is C[NH+](C)CCCNC(=O)c1cccc(NC(=O)c2cccc(NC(=O)c3cccc(NC(=O)c4cccc(NC(=O)CCCc5ccc(N(CCCl)CCCl)cc5)c4)c3)c2)c1.[Cl-]. The lowest BCUT2D eigenvalue weighted by atomic mass is 10.1. The largest absolute Gasteiger partial charge is 1.00 e. The van der Waals surface area contributed by atoms with Crippen LogP contribution < -0.4 is 48.8 Å². The van der Waals surface area contributed by atoms with E-state index in [-0.39, 0.29) is 29.8 Å². The monoisotopic (exact) mass is 899 g/mol. The van der Waals surface area contributed by atoms with Gasteiger partial charge in [0.2, 0.25) is 5.91 Å². The summed E-state index contributed by atoms with van der Waals surface area (Å²) in [5.74, 6) is -0.629. The van der Waals surface area contributed by atoms with Crippen molar-refractivity contribution in [3.63, 3.8) is 0 Å². The van der Waals surface area contributed by atoms with Crippen molar-refractivity contribution < 1.29 is 41.3 Å². The summed E-state index contributed by atoms with van der Waals surface area (Å²) < 4.78 is 0. The highest BCUT2D eigenvalue weighted by molar-refractivity contribution is 6.18. The lowest BCUT2D eigenvalue weighted by molar-refractivity contribution is -0.858. The van der Waals surface area contributed by atoms with Gasteiger partial charge in [0.25, 0.3) is 23.6 Å². The van der Waals surface area contributed by atoms with E-state index in [1.807, 2.05) is 12.1 Å². The van der Waals surface area contributed by atoms with Gasteiger partial charge in [0.05, 0.1) is 20.6 Å². The number of rotatable bonds is 21. The van der Waals surface area contributed by atoms with Crippen molar-refractivity contribution in [3.8, 4) is 0 Å². The smallest absolute Gasteiger partial charge is 0.255 e. The molecule has 0 saturated heterocycles. The van der Waals surface area contributed by atoms with Gasteiger partial charge in [0.15, 0.2) is 0 Å². The summed E-state index contributed by atoms with van der Waals surface area (Å²) in [6.45, 7) is 2.92. The first-order valence-corrected chi connectivity index (χ1v) is 21.3. The van der Waals surface area contributed by atoms with Crippen molar-refractivity contribution in [2.75, 3.05) is 78.2 Å². The van der Waals surface area contributed by atoms with E-state index in [0.717, 1.165) is 30.6 Å². The normalized spacial score (nSPS) is 10.6. The maximum Gasteiger partial charge on any atom is 0.255 e. The average Bonchev–Trinajstić information content (AvgIpc) is 3.25. The predicted octanol–water partition coefficient (Wildman–Crippen LogP) is 3.96. The Labute approximate surface area is 379 Å². The van der Waals surface area contributed by atoms with Crippen LogP contribution in [0.1, 0.15) is 66.3 Å². The molecule has 0 radical (unpaired) electrons. The van der Waals surface area contributed by atoms with Gasteiger partial charge in [-0.15, -0.1) is 23.2 Å². The number of hydrogen-bond acceptors (Lipinski definition) is 6. The minimum atomic E-state index is -0.447. The Bertz CT molecular complexity index is 2280. The van der Waals surface area contributed by atoms with E-state index in [9.17, 15) is 24.0 Å². The van der Waals surface area contributed by atoms with E-state index in [4.69, 9.17) is 23.2 Å². The van der Waals surface area contributed by atoms with Crippen molar-refractivity contribution >= 4 is 81.2 Å². The van der Waals surface area contributed by atoms with Gasteiger partial charge >= 0.3 is 0 Å². The van der Waals surface area contributed by atoms with Crippen molar-refractivity contribution in [3.05, 3.63) is 149 Å². The molecule has 0 atom stereocenters. The molecule has 0 heterocycles. The molecule has 0 unspecified atom stereocenters. The zero-order valence-corrected chi connectivity index (χ0v) is 37.0. The Morgan fingerprint density at radius 3 is 1.39 bits per heavy atom. The number of carbonyl (C=O) groups is 5. The van der Waals surface area contributed by atoms with Crippen LogP contribution in [0.25, 0.3) is 0 Å². The second-order valence-electron chi connectivity index (χ2n) is 14.7. The van der Waals surface area contributed by atoms with E-state index in [1.165, 1.54) is 4.90 Å². The lowest BCUT2D eigenvalue weighted by Gasteiger charge is -2.23. The number of benzene rings is 5. The molecule has 15 heteroatoms. The summed E-state index contributed by atoms with van der Waals surface area (Å²) in [7, 11) is 4.11. The van der Waals surface area contributed by atoms with Gasteiger partial charge in [-0.3, -0.25) is 24.0 Å². The first-order chi connectivity index (χ1) is 29.5. The second-order valence-corrected chi connectivity index (χ2v) is 15.4. The minimum absolute atomic E-state index is 0. The molecule has 0 aliphatic heterocycles. The zero-order chi connectivity index (χ0) is 43.6. The van der Waals surface area contributed by atoms with E-state index in [2.05, 4.69) is 57.7 Å². The number of aryl methyl sites for hydroxylation is 1. The van der Waals surface area contributed by atoms with Gasteiger partial charge in [0.1, 0.15) is 0 Å². The third kappa shape index (κ3) is 15.5. The third-order valence-corrected chi connectivity index (χ3v) is 9.91. The molecule has 0 spiro atoms. The van der Waals surface area contributed by atoms with Gasteiger partial charge < -0.3 is 48.8 Å². The average molecular weight is 901 g/mol. The number of amides is 5. The fourth-order valence-corrected chi connectivity index (χ4v) is 6.84. The van der Waals surface area contributed by atoms with Crippen LogP contribution in [0.15, 0.2) is 121 Å². The number of alkyl halides is 2. The molecule has 5 rings (SSSR count). The topological polar surface area (TPSA) is 153 Å². The van der Waals surface area contributed by atoms with Crippen molar-refractivity contribution in [2.24, 2.45) is 0 Å². The second kappa shape index (κ2) is 25.1. The predicted molar refractivity (Wildman–Crippen MR) is 246 cm³/mol. The van der Waals surface area contributed by atoms with Crippen LogP contribution in [-0.2, 0) is 11.2 Å². The van der Waals surface area contributed by atoms with E-state index in [0.29, 0.717) is 83.7 Å². The quantitative estimate of drug-likeness (QED) is 0.0485. The van der Waals surface area contributed by atoms with E-state index >= 15 is 0 Å². The standard InChI is InChI=1S/C47H51Cl2N7O5.ClH/c1-55(2)26-8-25-50-44(58)34-10-4-15-39(29-34)52-46(60)36-12-6-17-41(31-36)54-47(61)37-13-7-16-40(32-37)53-45(59)35-11-5-14-38(30-35)51-43(57)18-3-9-33-19-21-42(22-20-33)56(27-23-48)28-24-49;/h4-7,10-17,19-22,29-32H,3,8-9,18,23-28H2,1-2H3,(H,50,58)(H,51,57)(H,52,60)(H,53,59)(H,54,61);1H. The number of anilines is 5. The maximum atomic E-state index is 13.3. The molecule has 0 bridgehead atoms. The van der Waals surface area contributed by atoms with Gasteiger partial charge in [-0.05, 0) is 103 Å². The summed E-state index contributed by atoms with van der Waals surface area (Å²) in [4.78, 5) is 68.6. The van der Waals surface area contributed by atoms with Gasteiger partial charge in [-0.2, -0.15) is 0 Å². The van der Waals surface area contributed by atoms with E-state index in [1.54, 1.807) is 97.1 Å². The van der Waals surface area contributed by atoms with Crippen LogP contribution >= 0.6 is 23.2 Å². The molecule has 5 aromatic rings. The molecule has 62 heavy (non-hydrogen) atoms. The molecule has 6 N–H and O–H groups in total. The van der Waals surface area contributed by atoms with Gasteiger partial charge in [-0.1, -0.05) is 36.4 Å². The first kappa shape index (κ1) is 48.7. The van der Waals surface area contributed by atoms with E-state index < -0.39 is 17.7 Å². The van der Waals surface area contributed by atoms with Crippen LogP contribution in [0.3, 0.4) is 0 Å². The number of nitrogens with zero attached hydrogens (tertiary/aromatic N) is 1. The van der Waals surface area contributed by atoms with Crippen LogP contribution in [0.2, 0.25) is 0 Å². The highest BCUT2D eigenvalue weighted by Gasteiger charge is 2.14. The number of nitrogens with one attached hydrogen (secondary N) is 6. The Morgan fingerprint density at radius 1 is 0.548 bits per heavy atom. The van der Waals surface area contributed by atoms with Gasteiger partial charge in [0, 0.05) is 94.9 Å².